The van der Waals surface area contributed by atoms with Crippen LogP contribution in [0.15, 0.2) is 4.79 Å². The Balaban J connectivity index is 1.52. The highest BCUT2D eigenvalue weighted by molar-refractivity contribution is 5.81. The first-order valence-corrected chi connectivity index (χ1v) is 11.3. The fourth-order valence-electron chi connectivity index (χ4n) is 4.28. The zero-order chi connectivity index (χ0) is 20.6. The van der Waals surface area contributed by atoms with E-state index < -0.39 is 0 Å². The number of hydrogen-bond donors (Lipinski definition) is 1. The minimum atomic E-state index is -0.186. The molecule has 1 aromatic rings. The number of piperidine rings is 1. The Bertz CT molecular complexity index is 754. The molecule has 1 N–H and O–H groups in total. The van der Waals surface area contributed by atoms with Crippen molar-refractivity contribution in [2.75, 3.05) is 19.6 Å². The third-order valence-corrected chi connectivity index (χ3v) is 6.04. The minimum absolute atomic E-state index is 0.0375. The van der Waals surface area contributed by atoms with Crippen molar-refractivity contribution < 1.29 is 9.59 Å². The van der Waals surface area contributed by atoms with Crippen LogP contribution in [-0.4, -0.2) is 50.7 Å². The molecule has 1 atom stereocenters. The first-order valence-electron chi connectivity index (χ1n) is 11.3. The second-order valence-electron chi connectivity index (χ2n) is 8.35. The highest BCUT2D eigenvalue weighted by atomic mass is 16.2. The Morgan fingerprint density at radius 1 is 1.10 bits per heavy atom. The Morgan fingerprint density at radius 3 is 2.79 bits per heavy atom. The topological polar surface area (TPSA) is 89.2 Å². The van der Waals surface area contributed by atoms with Crippen molar-refractivity contribution in [1.82, 2.24) is 24.6 Å². The molecule has 1 fully saturated rings. The summed E-state index contributed by atoms with van der Waals surface area (Å²) >= 11 is 0. The molecule has 2 aliphatic heterocycles. The van der Waals surface area contributed by atoms with E-state index in [1.807, 2.05) is 0 Å². The van der Waals surface area contributed by atoms with E-state index in [1.165, 1.54) is 17.5 Å². The number of hydrogen-bond acceptors (Lipinski definition) is 4. The van der Waals surface area contributed by atoms with Crippen LogP contribution in [0.3, 0.4) is 0 Å². The summed E-state index contributed by atoms with van der Waals surface area (Å²) in [6.07, 6.45) is 10.0. The van der Waals surface area contributed by atoms with Crippen LogP contribution in [0.25, 0.3) is 0 Å². The van der Waals surface area contributed by atoms with Gasteiger partial charge in [0.2, 0.25) is 11.8 Å². The second kappa shape index (κ2) is 10.6. The van der Waals surface area contributed by atoms with Crippen LogP contribution < -0.4 is 11.0 Å². The summed E-state index contributed by atoms with van der Waals surface area (Å²) < 4.78 is 3.02. The Labute approximate surface area is 172 Å². The summed E-state index contributed by atoms with van der Waals surface area (Å²) in [4.78, 5) is 39.5. The number of nitrogens with zero attached hydrogens (tertiary/aromatic N) is 4. The number of likely N-dealkylation sites (tertiary alicyclic amines) is 1. The number of rotatable bonds is 8. The van der Waals surface area contributed by atoms with Gasteiger partial charge in [0, 0.05) is 32.6 Å². The van der Waals surface area contributed by atoms with E-state index in [4.69, 9.17) is 0 Å². The van der Waals surface area contributed by atoms with Gasteiger partial charge in [0.05, 0.1) is 5.92 Å². The van der Waals surface area contributed by atoms with Gasteiger partial charge in [0.1, 0.15) is 12.4 Å². The van der Waals surface area contributed by atoms with Crippen LogP contribution in [-0.2, 0) is 29.1 Å². The molecule has 8 nitrogen and oxygen atoms in total. The molecule has 0 saturated carbocycles. The average Bonchev–Trinajstić information content (AvgIpc) is 2.89. The third-order valence-electron chi connectivity index (χ3n) is 6.04. The first-order chi connectivity index (χ1) is 14.1. The van der Waals surface area contributed by atoms with Crippen LogP contribution in [0, 0.1) is 5.92 Å². The smallest absolute Gasteiger partial charge is 0.346 e. The molecular weight excluding hydrogens is 370 g/mol. The predicted molar refractivity (Wildman–Crippen MR) is 110 cm³/mol. The molecule has 2 amide bonds. The predicted octanol–water partition coefficient (Wildman–Crippen LogP) is 1.71. The maximum absolute atomic E-state index is 12.8. The van der Waals surface area contributed by atoms with Gasteiger partial charge in [0.15, 0.2) is 0 Å². The van der Waals surface area contributed by atoms with Gasteiger partial charge in [-0.25, -0.2) is 9.48 Å². The molecule has 0 bridgehead atoms. The van der Waals surface area contributed by atoms with Crippen molar-refractivity contribution in [2.45, 2.75) is 84.2 Å². The number of unbranched alkanes of at least 4 members (excludes halogenated alkanes) is 3. The fourth-order valence-corrected chi connectivity index (χ4v) is 4.28. The van der Waals surface area contributed by atoms with E-state index in [0.717, 1.165) is 57.2 Å². The summed E-state index contributed by atoms with van der Waals surface area (Å²) in [5.41, 5.74) is -0.186. The number of nitrogens with one attached hydrogen (secondary N) is 1. The van der Waals surface area contributed by atoms with Crippen LogP contribution in [0.5, 0.6) is 0 Å². The quantitative estimate of drug-likeness (QED) is 0.667. The molecule has 0 aliphatic carbocycles. The summed E-state index contributed by atoms with van der Waals surface area (Å²) in [5.74, 6) is 0.555. The van der Waals surface area contributed by atoms with Gasteiger partial charge < -0.3 is 10.2 Å². The van der Waals surface area contributed by atoms with Crippen molar-refractivity contribution >= 4 is 11.8 Å². The maximum atomic E-state index is 12.8. The monoisotopic (exact) mass is 405 g/mol. The fraction of sp³-hybridized carbons (Fsp3) is 0.810. The number of carbonyl (C=O) groups excluding carboxylic acids is 2. The maximum Gasteiger partial charge on any atom is 0.346 e. The van der Waals surface area contributed by atoms with Crippen molar-refractivity contribution in [3.63, 3.8) is 0 Å². The van der Waals surface area contributed by atoms with Crippen LogP contribution in [0.1, 0.15) is 70.5 Å². The lowest BCUT2D eigenvalue weighted by Crippen LogP contribution is -2.47. The number of amides is 2. The zero-order valence-corrected chi connectivity index (χ0v) is 17.7. The van der Waals surface area contributed by atoms with Gasteiger partial charge in [0.25, 0.3) is 0 Å². The molecule has 1 aromatic heterocycles. The number of fused-ring (bicyclic) bond motifs is 1. The van der Waals surface area contributed by atoms with Crippen LogP contribution in [0.2, 0.25) is 0 Å². The van der Waals surface area contributed by atoms with Crippen molar-refractivity contribution in [3.05, 3.63) is 16.3 Å². The summed E-state index contributed by atoms with van der Waals surface area (Å²) in [6.45, 7) is 4.60. The molecule has 1 saturated heterocycles. The van der Waals surface area contributed by atoms with Gasteiger partial charge >= 0.3 is 5.69 Å². The zero-order valence-electron chi connectivity index (χ0n) is 17.7. The Morgan fingerprint density at radius 2 is 1.97 bits per heavy atom. The lowest BCUT2D eigenvalue weighted by atomic mass is 9.97. The minimum Gasteiger partial charge on any atom is -0.356 e. The van der Waals surface area contributed by atoms with Gasteiger partial charge in [-0.2, -0.15) is 5.10 Å². The summed E-state index contributed by atoms with van der Waals surface area (Å²) in [7, 11) is 0. The van der Waals surface area contributed by atoms with E-state index in [-0.39, 0.29) is 30.0 Å². The molecule has 162 valence electrons. The normalized spacial score (nSPS) is 19.5. The largest absolute Gasteiger partial charge is 0.356 e. The SMILES string of the molecule is CCCCCCNC(=O)C1CCCN(C(=O)Cn2nc3n(c2=O)CCCCC3)C1. The molecule has 1 unspecified atom stereocenters. The first kappa shape index (κ1) is 21.6. The van der Waals surface area contributed by atoms with E-state index in [2.05, 4.69) is 17.3 Å². The van der Waals surface area contributed by atoms with E-state index >= 15 is 0 Å². The van der Waals surface area contributed by atoms with E-state index in [0.29, 0.717) is 26.2 Å². The number of carbonyl (C=O) groups is 2. The van der Waals surface area contributed by atoms with Crippen molar-refractivity contribution in [2.24, 2.45) is 5.92 Å². The van der Waals surface area contributed by atoms with Gasteiger partial charge in [-0.1, -0.05) is 32.6 Å². The number of aromatic nitrogens is 3. The Hall–Kier alpha value is -2.12. The molecular formula is C21H35N5O3. The number of aryl methyl sites for hydroxylation is 1. The molecule has 29 heavy (non-hydrogen) atoms. The molecule has 0 radical (unpaired) electrons. The summed E-state index contributed by atoms with van der Waals surface area (Å²) in [5, 5.41) is 7.43. The van der Waals surface area contributed by atoms with Crippen molar-refractivity contribution in [1.29, 1.82) is 0 Å². The highest BCUT2D eigenvalue weighted by Gasteiger charge is 2.29. The van der Waals surface area contributed by atoms with E-state index in [1.54, 1.807) is 9.47 Å². The van der Waals surface area contributed by atoms with Gasteiger partial charge in [-0.3, -0.25) is 14.2 Å². The molecule has 0 aromatic carbocycles. The average molecular weight is 406 g/mol. The molecule has 3 heterocycles. The highest BCUT2D eigenvalue weighted by Crippen LogP contribution is 2.17. The Kier molecular flexibility index (Phi) is 7.89. The van der Waals surface area contributed by atoms with Crippen LogP contribution >= 0.6 is 0 Å². The van der Waals surface area contributed by atoms with E-state index in [9.17, 15) is 14.4 Å². The van der Waals surface area contributed by atoms with Gasteiger partial charge in [-0.15, -0.1) is 0 Å². The third kappa shape index (κ3) is 5.70. The molecule has 3 rings (SSSR count). The van der Waals surface area contributed by atoms with Gasteiger partial charge in [-0.05, 0) is 32.1 Å². The standard InChI is InChI=1S/C21H35N5O3/c1-2-3-4-7-12-22-20(28)17-10-9-13-24(15-17)19(27)16-26-21(29)25-14-8-5-6-11-18(25)23-26/h17H,2-16H2,1H3,(H,22,28). The molecule has 8 heteroatoms. The summed E-state index contributed by atoms with van der Waals surface area (Å²) in [6, 6.07) is 0. The molecule has 0 spiro atoms. The van der Waals surface area contributed by atoms with Crippen LogP contribution in [0.4, 0.5) is 0 Å². The molecule has 2 aliphatic rings. The lowest BCUT2D eigenvalue weighted by Gasteiger charge is -2.32. The second-order valence-corrected chi connectivity index (χ2v) is 8.35. The lowest BCUT2D eigenvalue weighted by molar-refractivity contribution is -0.136. The van der Waals surface area contributed by atoms with Crippen molar-refractivity contribution in [3.8, 4) is 0 Å².